The normalized spacial score (nSPS) is 27.9. The van der Waals surface area contributed by atoms with Crippen LogP contribution >= 0.6 is 11.8 Å². The van der Waals surface area contributed by atoms with Gasteiger partial charge in [0.05, 0.1) is 0 Å². The third kappa shape index (κ3) is 3.68. The first-order chi connectivity index (χ1) is 7.34. The molecule has 0 spiro atoms. The average Bonchev–Trinajstić information content (AvgIpc) is 2.71. The SMILES string of the molecule is O=C(CC1CCCN1)NC1CCSCC1. The minimum Gasteiger partial charge on any atom is -0.353 e. The van der Waals surface area contributed by atoms with Crippen molar-refractivity contribution in [2.24, 2.45) is 0 Å². The van der Waals surface area contributed by atoms with Gasteiger partial charge in [-0.3, -0.25) is 4.79 Å². The van der Waals surface area contributed by atoms with E-state index in [-0.39, 0.29) is 5.91 Å². The van der Waals surface area contributed by atoms with E-state index in [1.807, 2.05) is 11.8 Å². The Hall–Kier alpha value is -0.220. The van der Waals surface area contributed by atoms with Crippen molar-refractivity contribution in [1.29, 1.82) is 0 Å². The summed E-state index contributed by atoms with van der Waals surface area (Å²) < 4.78 is 0. The van der Waals surface area contributed by atoms with Crippen molar-refractivity contribution in [3.8, 4) is 0 Å². The Morgan fingerprint density at radius 2 is 2.13 bits per heavy atom. The quantitative estimate of drug-likeness (QED) is 0.761. The number of carbonyl (C=O) groups excluding carboxylic acids is 1. The summed E-state index contributed by atoms with van der Waals surface area (Å²) in [6.45, 7) is 1.08. The molecule has 2 fully saturated rings. The van der Waals surface area contributed by atoms with Gasteiger partial charge < -0.3 is 10.6 Å². The van der Waals surface area contributed by atoms with Crippen molar-refractivity contribution in [3.05, 3.63) is 0 Å². The van der Waals surface area contributed by atoms with Crippen LogP contribution in [-0.4, -0.2) is 36.0 Å². The van der Waals surface area contributed by atoms with Crippen LogP contribution < -0.4 is 10.6 Å². The summed E-state index contributed by atoms with van der Waals surface area (Å²) in [5.74, 6) is 2.64. The molecule has 2 aliphatic rings. The molecule has 1 atom stereocenters. The van der Waals surface area contributed by atoms with E-state index < -0.39 is 0 Å². The predicted octanol–water partition coefficient (Wildman–Crippen LogP) is 1.14. The zero-order valence-electron chi connectivity index (χ0n) is 9.13. The van der Waals surface area contributed by atoms with Crippen LogP contribution in [0.15, 0.2) is 0 Å². The molecule has 0 radical (unpaired) electrons. The van der Waals surface area contributed by atoms with E-state index in [0.717, 1.165) is 25.8 Å². The second-order valence-electron chi connectivity index (χ2n) is 4.45. The monoisotopic (exact) mass is 228 g/mol. The van der Waals surface area contributed by atoms with E-state index in [9.17, 15) is 4.79 Å². The number of carbonyl (C=O) groups is 1. The molecule has 1 amide bonds. The van der Waals surface area contributed by atoms with Gasteiger partial charge in [-0.25, -0.2) is 0 Å². The van der Waals surface area contributed by atoms with Crippen LogP contribution in [0.4, 0.5) is 0 Å². The Morgan fingerprint density at radius 1 is 1.33 bits per heavy atom. The van der Waals surface area contributed by atoms with E-state index in [2.05, 4.69) is 10.6 Å². The van der Waals surface area contributed by atoms with E-state index in [1.54, 1.807) is 0 Å². The van der Waals surface area contributed by atoms with Crippen molar-refractivity contribution >= 4 is 17.7 Å². The summed E-state index contributed by atoms with van der Waals surface area (Å²) in [5, 5.41) is 6.51. The number of nitrogens with one attached hydrogen (secondary N) is 2. The van der Waals surface area contributed by atoms with Gasteiger partial charge in [-0.1, -0.05) is 0 Å². The second kappa shape index (κ2) is 5.75. The molecule has 86 valence electrons. The van der Waals surface area contributed by atoms with Crippen molar-refractivity contribution in [2.75, 3.05) is 18.1 Å². The van der Waals surface area contributed by atoms with Gasteiger partial charge in [-0.2, -0.15) is 11.8 Å². The lowest BCUT2D eigenvalue weighted by molar-refractivity contribution is -0.122. The smallest absolute Gasteiger partial charge is 0.221 e. The maximum absolute atomic E-state index is 11.7. The summed E-state index contributed by atoms with van der Waals surface area (Å²) in [6.07, 6.45) is 5.35. The summed E-state index contributed by atoms with van der Waals surface area (Å²) in [7, 11) is 0. The van der Waals surface area contributed by atoms with Crippen LogP contribution in [0.25, 0.3) is 0 Å². The molecule has 0 aromatic heterocycles. The Kier molecular flexibility index (Phi) is 4.32. The molecule has 2 aliphatic heterocycles. The van der Waals surface area contributed by atoms with Gasteiger partial charge in [-0.05, 0) is 43.7 Å². The molecular weight excluding hydrogens is 208 g/mol. The highest BCUT2D eigenvalue weighted by atomic mass is 32.2. The molecule has 2 rings (SSSR count). The van der Waals surface area contributed by atoms with Crippen molar-refractivity contribution < 1.29 is 4.79 Å². The largest absolute Gasteiger partial charge is 0.353 e. The number of rotatable bonds is 3. The molecule has 15 heavy (non-hydrogen) atoms. The highest BCUT2D eigenvalue weighted by Crippen LogP contribution is 2.17. The molecule has 2 heterocycles. The lowest BCUT2D eigenvalue weighted by atomic mass is 10.1. The standard InChI is InChI=1S/C11H20N2OS/c14-11(8-10-2-1-5-12-10)13-9-3-6-15-7-4-9/h9-10,12H,1-8H2,(H,13,14). The third-order valence-electron chi connectivity index (χ3n) is 3.18. The van der Waals surface area contributed by atoms with Gasteiger partial charge in [0.1, 0.15) is 0 Å². The number of thioether (sulfide) groups is 1. The van der Waals surface area contributed by atoms with Crippen LogP contribution in [0.5, 0.6) is 0 Å². The van der Waals surface area contributed by atoms with Crippen molar-refractivity contribution in [2.45, 2.75) is 44.2 Å². The van der Waals surface area contributed by atoms with Crippen LogP contribution in [0, 0.1) is 0 Å². The molecular formula is C11H20N2OS. The predicted molar refractivity (Wildman–Crippen MR) is 64.1 cm³/mol. The second-order valence-corrected chi connectivity index (χ2v) is 5.68. The number of amides is 1. The molecule has 1 unspecified atom stereocenters. The Morgan fingerprint density at radius 3 is 2.80 bits per heavy atom. The first-order valence-electron chi connectivity index (χ1n) is 5.95. The molecule has 3 nitrogen and oxygen atoms in total. The number of hydrogen-bond donors (Lipinski definition) is 2. The molecule has 4 heteroatoms. The van der Waals surface area contributed by atoms with E-state index in [1.165, 1.54) is 17.9 Å². The van der Waals surface area contributed by atoms with E-state index >= 15 is 0 Å². The average molecular weight is 228 g/mol. The molecule has 2 N–H and O–H groups in total. The molecule has 0 aromatic rings. The fraction of sp³-hybridized carbons (Fsp3) is 0.909. The van der Waals surface area contributed by atoms with Crippen LogP contribution in [-0.2, 0) is 4.79 Å². The molecule has 0 aliphatic carbocycles. The summed E-state index contributed by atoms with van der Waals surface area (Å²) in [5.41, 5.74) is 0. The van der Waals surface area contributed by atoms with Gasteiger partial charge in [0.2, 0.25) is 5.91 Å². The van der Waals surface area contributed by atoms with Gasteiger partial charge in [0.25, 0.3) is 0 Å². The van der Waals surface area contributed by atoms with Crippen molar-refractivity contribution in [1.82, 2.24) is 10.6 Å². The van der Waals surface area contributed by atoms with Crippen molar-refractivity contribution in [3.63, 3.8) is 0 Å². The Balaban J connectivity index is 1.66. The first kappa shape index (κ1) is 11.3. The molecule has 0 aromatic carbocycles. The summed E-state index contributed by atoms with van der Waals surface area (Å²) >= 11 is 2.00. The highest BCUT2D eigenvalue weighted by molar-refractivity contribution is 7.99. The van der Waals surface area contributed by atoms with Crippen LogP contribution in [0.2, 0.25) is 0 Å². The summed E-state index contributed by atoms with van der Waals surface area (Å²) in [6, 6.07) is 0.878. The molecule has 2 saturated heterocycles. The van der Waals surface area contributed by atoms with Gasteiger partial charge >= 0.3 is 0 Å². The Bertz CT molecular complexity index is 211. The minimum atomic E-state index is 0.242. The third-order valence-corrected chi connectivity index (χ3v) is 4.23. The Labute approximate surface area is 95.8 Å². The maximum atomic E-state index is 11.7. The number of hydrogen-bond acceptors (Lipinski definition) is 3. The van der Waals surface area contributed by atoms with E-state index in [0.29, 0.717) is 18.5 Å². The maximum Gasteiger partial charge on any atom is 0.221 e. The fourth-order valence-electron chi connectivity index (χ4n) is 2.28. The topological polar surface area (TPSA) is 41.1 Å². The highest BCUT2D eigenvalue weighted by Gasteiger charge is 2.20. The lowest BCUT2D eigenvalue weighted by Crippen LogP contribution is -2.40. The van der Waals surface area contributed by atoms with Crippen LogP contribution in [0.1, 0.15) is 32.1 Å². The van der Waals surface area contributed by atoms with Gasteiger partial charge in [0.15, 0.2) is 0 Å². The minimum absolute atomic E-state index is 0.242. The summed E-state index contributed by atoms with van der Waals surface area (Å²) in [4.78, 5) is 11.7. The first-order valence-corrected chi connectivity index (χ1v) is 7.10. The zero-order valence-corrected chi connectivity index (χ0v) is 9.94. The van der Waals surface area contributed by atoms with E-state index in [4.69, 9.17) is 0 Å². The van der Waals surface area contributed by atoms with Crippen LogP contribution in [0.3, 0.4) is 0 Å². The van der Waals surface area contributed by atoms with Gasteiger partial charge in [-0.15, -0.1) is 0 Å². The molecule has 0 bridgehead atoms. The lowest BCUT2D eigenvalue weighted by Gasteiger charge is -2.23. The molecule has 0 saturated carbocycles. The van der Waals surface area contributed by atoms with Gasteiger partial charge in [0, 0.05) is 18.5 Å². The zero-order chi connectivity index (χ0) is 10.5. The fourth-order valence-corrected chi connectivity index (χ4v) is 3.39.